The minimum absolute atomic E-state index is 0.205. The summed E-state index contributed by atoms with van der Waals surface area (Å²) in [5, 5.41) is 12.1. The topological polar surface area (TPSA) is 36.2 Å². The Morgan fingerprint density at radius 2 is 2.27 bits per heavy atom. The fourth-order valence-corrected chi connectivity index (χ4v) is 3.40. The van der Waals surface area contributed by atoms with E-state index in [0.717, 1.165) is 28.8 Å². The van der Waals surface area contributed by atoms with Crippen LogP contribution in [0.25, 0.3) is 0 Å². The predicted molar refractivity (Wildman–Crippen MR) is 56.3 cm³/mol. The summed E-state index contributed by atoms with van der Waals surface area (Å²) in [5.74, 6) is 1.09. The van der Waals surface area contributed by atoms with E-state index in [1.807, 2.05) is 6.07 Å². The van der Waals surface area contributed by atoms with Gasteiger partial charge in [-0.1, -0.05) is 0 Å². The molecule has 4 heteroatoms. The Morgan fingerprint density at radius 3 is 3.00 bits per heavy atom. The van der Waals surface area contributed by atoms with Gasteiger partial charge in [0.05, 0.1) is 13.2 Å². The first-order valence-electron chi connectivity index (χ1n) is 5.16. The largest absolute Gasteiger partial charge is 0.616 e. The number of nitrogens with zero attached hydrogens (tertiary/aromatic N) is 1. The first-order valence-corrected chi connectivity index (χ1v) is 5.60. The average Bonchev–Trinajstić information content (AvgIpc) is 2.75. The van der Waals surface area contributed by atoms with Crippen molar-refractivity contribution in [3.63, 3.8) is 0 Å². The molecule has 0 radical (unpaired) electrons. The molecule has 3 nitrogen and oxygen atoms in total. The Balaban J connectivity index is 2.16. The molecule has 0 aliphatic heterocycles. The summed E-state index contributed by atoms with van der Waals surface area (Å²) in [5.41, 5.74) is 2.01. The summed E-state index contributed by atoms with van der Waals surface area (Å²) in [4.78, 5) is 0. The van der Waals surface area contributed by atoms with Crippen LogP contribution < -0.4 is 9.47 Å². The number of hydrogen-bond acceptors (Lipinski definition) is 2. The molecule has 80 valence electrons. The number of pyridine rings is 1. The second-order valence-corrected chi connectivity index (χ2v) is 4.86. The average molecular weight is 226 g/mol. The van der Waals surface area contributed by atoms with Crippen LogP contribution in [-0.2, 0) is 0 Å². The number of hydrogen-bond donors (Lipinski definition) is 0. The molecule has 0 aromatic carbocycles. The lowest BCUT2D eigenvalue weighted by Gasteiger charge is -2.18. The Kier molecular flexibility index (Phi) is 1.87. The SMILES string of the molecule is COc1ccc2c([n+]1[O-])[C@@H]1C[C@@H](Cl)[C@H]2C1. The zero-order chi connectivity index (χ0) is 10.6. The molecule has 1 aromatic rings. The van der Waals surface area contributed by atoms with Crippen LogP contribution >= 0.6 is 11.6 Å². The van der Waals surface area contributed by atoms with Gasteiger partial charge in [-0.15, -0.1) is 16.3 Å². The summed E-state index contributed by atoms with van der Waals surface area (Å²) in [6, 6.07) is 3.72. The fourth-order valence-electron chi connectivity index (χ4n) is 2.95. The van der Waals surface area contributed by atoms with E-state index in [4.69, 9.17) is 16.3 Å². The molecule has 1 saturated carbocycles. The molecule has 0 spiro atoms. The van der Waals surface area contributed by atoms with Crippen LogP contribution in [0.15, 0.2) is 12.1 Å². The molecular formula is C11H12ClNO2. The predicted octanol–water partition coefficient (Wildman–Crippen LogP) is 1.91. The first-order chi connectivity index (χ1) is 7.22. The molecule has 1 aromatic heterocycles. The van der Waals surface area contributed by atoms with E-state index in [1.54, 1.807) is 6.07 Å². The minimum Gasteiger partial charge on any atom is -0.616 e. The van der Waals surface area contributed by atoms with Gasteiger partial charge in [0.25, 0.3) is 0 Å². The Hall–Kier alpha value is -0.960. The maximum atomic E-state index is 11.9. The normalized spacial score (nSPS) is 31.7. The second kappa shape index (κ2) is 3.01. The summed E-state index contributed by atoms with van der Waals surface area (Å²) >= 11 is 6.22. The van der Waals surface area contributed by atoms with Crippen LogP contribution in [0.1, 0.15) is 35.9 Å². The molecule has 1 fully saturated rings. The van der Waals surface area contributed by atoms with E-state index in [-0.39, 0.29) is 5.38 Å². The van der Waals surface area contributed by atoms with E-state index in [1.165, 1.54) is 7.11 Å². The molecule has 2 aliphatic rings. The van der Waals surface area contributed by atoms with Crippen LogP contribution in [-0.4, -0.2) is 12.5 Å². The van der Waals surface area contributed by atoms with Gasteiger partial charge >= 0.3 is 5.88 Å². The van der Waals surface area contributed by atoms with Gasteiger partial charge in [0.2, 0.25) is 5.69 Å². The van der Waals surface area contributed by atoms with Crippen molar-refractivity contribution in [3.05, 3.63) is 28.6 Å². The van der Waals surface area contributed by atoms with Crippen molar-refractivity contribution in [1.29, 1.82) is 0 Å². The highest BCUT2D eigenvalue weighted by Gasteiger charge is 2.48. The number of rotatable bonds is 1. The summed E-state index contributed by atoms with van der Waals surface area (Å²) in [7, 11) is 1.52. The van der Waals surface area contributed by atoms with Crippen LogP contribution in [0, 0.1) is 5.21 Å². The molecule has 15 heavy (non-hydrogen) atoms. The van der Waals surface area contributed by atoms with Crippen molar-refractivity contribution in [2.75, 3.05) is 7.11 Å². The van der Waals surface area contributed by atoms with Gasteiger partial charge in [-0.05, 0) is 18.9 Å². The molecule has 1 heterocycles. The third-order valence-corrected chi connectivity index (χ3v) is 4.08. The standard InChI is InChI=1S/C11H12ClNO2/c1-15-10-3-2-7-8-4-6(5-9(8)12)11(7)13(10)14/h2-3,6,8-9H,4-5H2,1H3/t6-,8-,9+/m0/s1. The fraction of sp³-hybridized carbons (Fsp3) is 0.545. The maximum absolute atomic E-state index is 11.9. The van der Waals surface area contributed by atoms with Crippen molar-refractivity contribution in [2.24, 2.45) is 0 Å². The van der Waals surface area contributed by atoms with E-state index in [0.29, 0.717) is 17.7 Å². The van der Waals surface area contributed by atoms with Crippen molar-refractivity contribution in [3.8, 4) is 5.88 Å². The number of aromatic nitrogens is 1. The van der Waals surface area contributed by atoms with Crippen molar-refractivity contribution >= 4 is 11.6 Å². The zero-order valence-corrected chi connectivity index (χ0v) is 9.20. The molecule has 0 saturated heterocycles. The number of halogens is 1. The second-order valence-electron chi connectivity index (χ2n) is 4.30. The summed E-state index contributed by atoms with van der Waals surface area (Å²) in [6.45, 7) is 0. The lowest BCUT2D eigenvalue weighted by molar-refractivity contribution is -0.622. The van der Waals surface area contributed by atoms with Crippen LogP contribution in [0.5, 0.6) is 5.88 Å². The zero-order valence-electron chi connectivity index (χ0n) is 8.44. The minimum atomic E-state index is 0.205. The van der Waals surface area contributed by atoms with E-state index in [9.17, 15) is 5.21 Å². The van der Waals surface area contributed by atoms with Gasteiger partial charge < -0.3 is 9.94 Å². The monoisotopic (exact) mass is 225 g/mol. The van der Waals surface area contributed by atoms with Gasteiger partial charge in [0.15, 0.2) is 0 Å². The Morgan fingerprint density at radius 1 is 1.47 bits per heavy atom. The van der Waals surface area contributed by atoms with Crippen molar-refractivity contribution < 1.29 is 9.47 Å². The number of methoxy groups -OCH3 is 1. The van der Waals surface area contributed by atoms with Crippen LogP contribution in [0.2, 0.25) is 0 Å². The molecule has 2 bridgehead atoms. The molecule has 3 rings (SSSR count). The molecular weight excluding hydrogens is 214 g/mol. The highest BCUT2D eigenvalue weighted by Crippen LogP contribution is 2.53. The smallest absolute Gasteiger partial charge is 0.379 e. The third-order valence-electron chi connectivity index (χ3n) is 3.60. The highest BCUT2D eigenvalue weighted by atomic mass is 35.5. The quantitative estimate of drug-likeness (QED) is 0.416. The van der Waals surface area contributed by atoms with E-state index in [2.05, 4.69) is 0 Å². The molecule has 0 N–H and O–H groups in total. The molecule has 2 aliphatic carbocycles. The van der Waals surface area contributed by atoms with Crippen LogP contribution in [0.4, 0.5) is 0 Å². The Bertz CT molecular complexity index is 421. The number of ether oxygens (including phenoxy) is 1. The lowest BCUT2D eigenvalue weighted by atomic mass is 9.95. The summed E-state index contributed by atoms with van der Waals surface area (Å²) < 4.78 is 5.96. The molecule has 0 unspecified atom stereocenters. The maximum Gasteiger partial charge on any atom is 0.379 e. The Labute approximate surface area is 93.2 Å². The van der Waals surface area contributed by atoms with Gasteiger partial charge in [-0.25, -0.2) is 0 Å². The van der Waals surface area contributed by atoms with Crippen molar-refractivity contribution in [1.82, 2.24) is 0 Å². The highest BCUT2D eigenvalue weighted by molar-refractivity contribution is 6.21. The van der Waals surface area contributed by atoms with Gasteiger partial charge in [-0.2, -0.15) is 0 Å². The summed E-state index contributed by atoms with van der Waals surface area (Å²) in [6.07, 6.45) is 1.95. The van der Waals surface area contributed by atoms with Crippen molar-refractivity contribution in [2.45, 2.75) is 30.1 Å². The number of fused-ring (bicyclic) bond motifs is 5. The van der Waals surface area contributed by atoms with E-state index < -0.39 is 0 Å². The first kappa shape index (κ1) is 9.28. The third kappa shape index (κ3) is 1.10. The van der Waals surface area contributed by atoms with E-state index >= 15 is 0 Å². The van der Waals surface area contributed by atoms with Gasteiger partial charge in [-0.3, -0.25) is 0 Å². The lowest BCUT2D eigenvalue weighted by Crippen LogP contribution is -2.36. The molecule has 0 amide bonds. The van der Waals surface area contributed by atoms with Gasteiger partial charge in [0.1, 0.15) is 0 Å². The molecule has 3 atom stereocenters. The van der Waals surface area contributed by atoms with Crippen LogP contribution in [0.3, 0.4) is 0 Å². The van der Waals surface area contributed by atoms with Gasteiger partial charge in [0, 0.05) is 22.8 Å². The number of alkyl halides is 1.